The fourth-order valence-electron chi connectivity index (χ4n) is 1.06. The summed E-state index contributed by atoms with van der Waals surface area (Å²) < 4.78 is 0. The van der Waals surface area contributed by atoms with Crippen molar-refractivity contribution in [1.82, 2.24) is 0 Å². The third-order valence-corrected chi connectivity index (χ3v) is 1.57. The third-order valence-electron chi connectivity index (χ3n) is 1.57. The monoisotopic (exact) mass is 142 g/mol. The molecule has 0 aliphatic rings. The maximum Gasteiger partial charge on any atom is -0.00992 e. The molecule has 0 aliphatic heterocycles. The first-order valence-corrected chi connectivity index (χ1v) is 3.32. The number of hydrogen-bond acceptors (Lipinski definition) is 0. The van der Waals surface area contributed by atoms with Crippen LogP contribution in [0.25, 0.3) is 10.8 Å². The lowest BCUT2D eigenvalue weighted by Gasteiger charge is -1.91. The molecule has 0 spiro atoms. The van der Waals surface area contributed by atoms with Crippen molar-refractivity contribution in [3.05, 3.63) is 56.0 Å². The summed E-state index contributed by atoms with van der Waals surface area (Å²) in [5.74, 6) is 0. The van der Waals surface area contributed by atoms with E-state index in [2.05, 4.69) is 24.3 Å². The van der Waals surface area contributed by atoms with Crippen molar-refractivity contribution in [2.24, 2.45) is 0 Å². The van der Waals surface area contributed by atoms with E-state index in [1.807, 2.05) is 24.3 Å². The van der Waals surface area contributed by atoms with Crippen molar-refractivity contribution in [2.75, 3.05) is 0 Å². The van der Waals surface area contributed by atoms with Crippen molar-refractivity contribution in [2.45, 2.75) is 0 Å². The molecular weight excluding hydrogens is 132 g/mol. The van der Waals surface area contributed by atoms with Gasteiger partial charge in [0.25, 0.3) is 0 Å². The van der Waals surface area contributed by atoms with Gasteiger partial charge in [-0.25, -0.2) is 0 Å². The van der Waals surface area contributed by atoms with Gasteiger partial charge in [-0.05, 0) is 16.8 Å². The highest BCUT2D eigenvalue weighted by molar-refractivity contribution is 5.81. The van der Waals surface area contributed by atoms with E-state index >= 15 is 0 Å². The van der Waals surface area contributed by atoms with E-state index in [9.17, 15) is 0 Å². The maximum atomic E-state index is 3.15. The van der Waals surface area contributed by atoms with Gasteiger partial charge < -0.3 is 0 Å². The van der Waals surface area contributed by atoms with Crippen LogP contribution in [-0.2, 0) is 0 Å². The van der Waals surface area contributed by atoms with Crippen molar-refractivity contribution >= 4 is 10.8 Å². The highest BCUT2D eigenvalue weighted by atomic mass is 13.9. The fraction of sp³-hybridized carbons (Fsp3) is 0. The zero-order valence-corrected chi connectivity index (χ0v) is 6.54. The predicted molar refractivity (Wildman–Crippen MR) is 49.2 cm³/mol. The molecule has 0 aliphatic carbocycles. The Bertz CT molecular complexity index is 271. The van der Waals surface area contributed by atoms with E-state index in [1.54, 1.807) is 0 Å². The summed E-state index contributed by atoms with van der Waals surface area (Å²) in [6.07, 6.45) is 0. The Morgan fingerprint density at radius 2 is 1.64 bits per heavy atom. The molecule has 2 aromatic rings. The van der Waals surface area contributed by atoms with Crippen LogP contribution in [0.5, 0.6) is 0 Å². The molecule has 0 amide bonds. The van der Waals surface area contributed by atoms with Gasteiger partial charge in [-0.3, -0.25) is 0 Å². The molecule has 0 aromatic heterocycles. The molecule has 2 rings (SSSR count). The van der Waals surface area contributed by atoms with Crippen LogP contribution < -0.4 is 0 Å². The molecule has 0 saturated carbocycles. The Morgan fingerprint density at radius 1 is 0.909 bits per heavy atom. The SMILES string of the molecule is [CH3].[c]1cccc2ccccc12. The molecule has 0 N–H and O–H groups in total. The van der Waals surface area contributed by atoms with Crippen LogP contribution in [-0.4, -0.2) is 0 Å². The first-order chi connectivity index (χ1) is 4.97. The summed E-state index contributed by atoms with van der Waals surface area (Å²) in [6, 6.07) is 17.4. The van der Waals surface area contributed by atoms with Crippen LogP contribution in [0, 0.1) is 13.5 Å². The summed E-state index contributed by atoms with van der Waals surface area (Å²) >= 11 is 0. The highest BCUT2D eigenvalue weighted by Gasteiger charge is 1.85. The van der Waals surface area contributed by atoms with Gasteiger partial charge in [-0.1, -0.05) is 49.9 Å². The molecule has 2 radical (unpaired) electrons. The second-order valence-corrected chi connectivity index (χ2v) is 2.26. The minimum atomic E-state index is 0. The summed E-state index contributed by atoms with van der Waals surface area (Å²) in [5, 5.41) is 2.44. The van der Waals surface area contributed by atoms with Gasteiger partial charge in [0.15, 0.2) is 0 Å². The normalized spacial score (nSPS) is 9.09. The van der Waals surface area contributed by atoms with Gasteiger partial charge in [0.1, 0.15) is 0 Å². The van der Waals surface area contributed by atoms with Crippen LogP contribution in [0.2, 0.25) is 0 Å². The number of fused-ring (bicyclic) bond motifs is 1. The van der Waals surface area contributed by atoms with Crippen molar-refractivity contribution in [3.8, 4) is 0 Å². The zero-order valence-electron chi connectivity index (χ0n) is 6.54. The molecule has 11 heavy (non-hydrogen) atoms. The average molecular weight is 142 g/mol. The van der Waals surface area contributed by atoms with E-state index in [1.165, 1.54) is 10.8 Å². The summed E-state index contributed by atoms with van der Waals surface area (Å²) in [4.78, 5) is 0. The predicted octanol–water partition coefficient (Wildman–Crippen LogP) is 3.09. The molecular formula is C11H10. The topological polar surface area (TPSA) is 0 Å². The van der Waals surface area contributed by atoms with E-state index < -0.39 is 0 Å². The van der Waals surface area contributed by atoms with Gasteiger partial charge in [0.05, 0.1) is 0 Å². The van der Waals surface area contributed by atoms with Crippen molar-refractivity contribution in [3.63, 3.8) is 0 Å². The maximum absolute atomic E-state index is 3.15. The molecule has 0 fully saturated rings. The van der Waals surface area contributed by atoms with Gasteiger partial charge in [0.2, 0.25) is 0 Å². The van der Waals surface area contributed by atoms with Crippen LogP contribution in [0.4, 0.5) is 0 Å². The smallest absolute Gasteiger partial charge is 0.00992 e. The quantitative estimate of drug-likeness (QED) is 0.530. The molecule has 0 heteroatoms. The molecule has 2 aromatic carbocycles. The standard InChI is InChI=1S/C10H7.CH3/c1-2-6-10-8-4-3-7-9(10)5-1;/h1-7H;1H3. The first-order valence-electron chi connectivity index (χ1n) is 3.32. The molecule has 0 bridgehead atoms. The van der Waals surface area contributed by atoms with E-state index in [4.69, 9.17) is 0 Å². The minimum Gasteiger partial charge on any atom is -0.0683 e. The summed E-state index contributed by atoms with van der Waals surface area (Å²) in [7, 11) is 0. The molecule has 0 unspecified atom stereocenters. The molecule has 0 heterocycles. The summed E-state index contributed by atoms with van der Waals surface area (Å²) in [5.41, 5.74) is 0. The fourth-order valence-corrected chi connectivity index (χ4v) is 1.06. The van der Waals surface area contributed by atoms with E-state index in [-0.39, 0.29) is 7.43 Å². The number of rotatable bonds is 0. The number of hydrogen-bond donors (Lipinski definition) is 0. The Morgan fingerprint density at radius 3 is 2.45 bits per heavy atom. The molecule has 0 saturated heterocycles. The zero-order chi connectivity index (χ0) is 6.81. The van der Waals surface area contributed by atoms with E-state index in [0.717, 1.165) is 0 Å². The Labute approximate surface area is 67.5 Å². The third kappa shape index (κ3) is 1.40. The average Bonchev–Trinajstić information content (AvgIpc) is 2.05. The van der Waals surface area contributed by atoms with Gasteiger partial charge >= 0.3 is 0 Å². The second kappa shape index (κ2) is 3.20. The van der Waals surface area contributed by atoms with E-state index in [0.29, 0.717) is 0 Å². The Balaban J connectivity index is 0.000000605. The van der Waals surface area contributed by atoms with Crippen molar-refractivity contribution in [1.29, 1.82) is 0 Å². The van der Waals surface area contributed by atoms with Gasteiger partial charge in [-0.2, -0.15) is 0 Å². The molecule has 0 nitrogen and oxygen atoms in total. The number of benzene rings is 2. The largest absolute Gasteiger partial charge is 0.0683 e. The minimum absolute atomic E-state index is 0. The van der Waals surface area contributed by atoms with Gasteiger partial charge in [0, 0.05) is 0 Å². The lowest BCUT2D eigenvalue weighted by atomic mass is 10.1. The first kappa shape index (κ1) is 7.80. The summed E-state index contributed by atoms with van der Waals surface area (Å²) in [6.45, 7) is 0. The second-order valence-electron chi connectivity index (χ2n) is 2.26. The van der Waals surface area contributed by atoms with Crippen molar-refractivity contribution < 1.29 is 0 Å². The van der Waals surface area contributed by atoms with Crippen LogP contribution >= 0.6 is 0 Å². The Hall–Kier alpha value is -1.30. The van der Waals surface area contributed by atoms with Crippen LogP contribution in [0.3, 0.4) is 0 Å². The van der Waals surface area contributed by atoms with Crippen LogP contribution in [0.1, 0.15) is 0 Å². The highest BCUT2D eigenvalue weighted by Crippen LogP contribution is 2.10. The lowest BCUT2D eigenvalue weighted by Crippen LogP contribution is -1.67. The van der Waals surface area contributed by atoms with Gasteiger partial charge in [-0.15, -0.1) is 0 Å². The lowest BCUT2D eigenvalue weighted by molar-refractivity contribution is 1.74. The Kier molecular flexibility index (Phi) is 2.27. The van der Waals surface area contributed by atoms with Crippen LogP contribution in [0.15, 0.2) is 42.5 Å². The molecule has 54 valence electrons. The molecule has 0 atom stereocenters.